The fourth-order valence-electron chi connectivity index (χ4n) is 8.56. The van der Waals surface area contributed by atoms with Gasteiger partial charge in [0.05, 0.1) is 0 Å². The summed E-state index contributed by atoms with van der Waals surface area (Å²) in [6, 6.07) is 0. The minimum Gasteiger partial charge on any atom is -0.462 e. The van der Waals surface area contributed by atoms with Crippen LogP contribution in [-0.4, -0.2) is 37.2 Å². The van der Waals surface area contributed by atoms with Crippen LogP contribution in [0.15, 0.2) is 85.1 Å². The van der Waals surface area contributed by atoms with Gasteiger partial charge in [0, 0.05) is 19.3 Å². The minimum atomic E-state index is -0.787. The number of carbonyl (C=O) groups is 3. The topological polar surface area (TPSA) is 78.9 Å². The van der Waals surface area contributed by atoms with Crippen molar-refractivity contribution in [2.45, 2.75) is 303 Å². The van der Waals surface area contributed by atoms with Crippen LogP contribution in [-0.2, 0) is 28.6 Å². The molecule has 0 N–H and O–H groups in total. The van der Waals surface area contributed by atoms with Crippen molar-refractivity contribution >= 4 is 17.9 Å². The molecule has 1 atom stereocenters. The number of allylic oxidation sites excluding steroid dienone is 14. The van der Waals surface area contributed by atoms with Gasteiger partial charge in [0.25, 0.3) is 0 Å². The van der Waals surface area contributed by atoms with Gasteiger partial charge in [0.15, 0.2) is 6.10 Å². The molecule has 0 spiro atoms. The maximum atomic E-state index is 12.9. The highest BCUT2D eigenvalue weighted by Crippen LogP contribution is 2.16. The lowest BCUT2D eigenvalue weighted by Crippen LogP contribution is -2.30. The lowest BCUT2D eigenvalue weighted by molar-refractivity contribution is -0.167. The molecule has 0 heterocycles. The van der Waals surface area contributed by atoms with Crippen LogP contribution in [0.5, 0.6) is 0 Å². The summed E-state index contributed by atoms with van der Waals surface area (Å²) in [4.78, 5) is 38.3. The molecule has 0 fully saturated rings. The summed E-state index contributed by atoms with van der Waals surface area (Å²) in [5.41, 5.74) is 0. The van der Waals surface area contributed by atoms with Gasteiger partial charge in [-0.1, -0.05) is 266 Å². The fourth-order valence-corrected chi connectivity index (χ4v) is 8.56. The Labute approximate surface area is 445 Å². The summed E-state index contributed by atoms with van der Waals surface area (Å²) in [6.45, 7) is 6.51. The van der Waals surface area contributed by atoms with Crippen LogP contribution < -0.4 is 0 Å². The van der Waals surface area contributed by atoms with Crippen molar-refractivity contribution in [2.24, 2.45) is 0 Å². The van der Waals surface area contributed by atoms with Gasteiger partial charge in [-0.15, -0.1) is 0 Å². The van der Waals surface area contributed by atoms with Crippen molar-refractivity contribution in [3.8, 4) is 0 Å². The molecule has 0 amide bonds. The van der Waals surface area contributed by atoms with Gasteiger partial charge in [0.2, 0.25) is 0 Å². The zero-order valence-electron chi connectivity index (χ0n) is 47.4. The number of carbonyl (C=O) groups excluding carboxylic acids is 3. The maximum absolute atomic E-state index is 12.9. The summed E-state index contributed by atoms with van der Waals surface area (Å²) in [5, 5.41) is 0. The molecule has 0 saturated carbocycles. The smallest absolute Gasteiger partial charge is 0.306 e. The van der Waals surface area contributed by atoms with E-state index in [4.69, 9.17) is 14.2 Å². The number of hydrogen-bond donors (Lipinski definition) is 0. The first-order valence-corrected chi connectivity index (χ1v) is 30.6. The first kappa shape index (κ1) is 68.6. The van der Waals surface area contributed by atoms with Crippen LogP contribution >= 0.6 is 0 Å². The summed E-state index contributed by atoms with van der Waals surface area (Å²) < 4.78 is 16.9. The summed E-state index contributed by atoms with van der Waals surface area (Å²) in [5.74, 6) is -0.895. The number of esters is 3. The third-order valence-corrected chi connectivity index (χ3v) is 13.1. The Morgan fingerprint density at radius 2 is 0.542 bits per heavy atom. The van der Waals surface area contributed by atoms with E-state index in [1.54, 1.807) is 0 Å². The van der Waals surface area contributed by atoms with Gasteiger partial charge in [-0.2, -0.15) is 0 Å². The highest BCUT2D eigenvalue weighted by atomic mass is 16.6. The Morgan fingerprint density at radius 1 is 0.292 bits per heavy atom. The highest BCUT2D eigenvalue weighted by Gasteiger charge is 2.19. The molecule has 0 aromatic carbocycles. The van der Waals surface area contributed by atoms with Gasteiger partial charge >= 0.3 is 17.9 Å². The van der Waals surface area contributed by atoms with E-state index in [0.717, 1.165) is 116 Å². The lowest BCUT2D eigenvalue weighted by atomic mass is 10.0. The zero-order valence-corrected chi connectivity index (χ0v) is 47.4. The standard InChI is InChI=1S/C66H114O6/c1-4-7-10-13-16-19-22-25-28-30-32-33-35-36-38-41-44-47-50-53-56-59-65(68)71-62-63(61-70-64(67)58-55-52-49-46-43-40-27-24-21-18-15-12-9-6-3)72-66(69)60-57-54-51-48-45-42-39-37-34-31-29-26-23-20-17-14-11-8-5-2/h7,10,16-17,19-20,25-26,28-29,32-33,36,38,63H,4-6,8-9,11-15,18,21-24,27,30-31,34-35,37,39-62H2,1-3H3/b10-7-,19-16-,20-17-,28-25-,29-26-,33-32-,38-36-. The van der Waals surface area contributed by atoms with Crippen molar-refractivity contribution in [1.29, 1.82) is 0 Å². The van der Waals surface area contributed by atoms with E-state index < -0.39 is 6.10 Å². The number of unbranched alkanes of at least 4 members (excludes halogenated alkanes) is 30. The van der Waals surface area contributed by atoms with E-state index in [-0.39, 0.29) is 31.1 Å². The molecule has 72 heavy (non-hydrogen) atoms. The predicted molar refractivity (Wildman–Crippen MR) is 311 cm³/mol. The van der Waals surface area contributed by atoms with E-state index in [9.17, 15) is 14.4 Å². The third kappa shape index (κ3) is 57.5. The van der Waals surface area contributed by atoms with Crippen molar-refractivity contribution in [2.75, 3.05) is 13.2 Å². The van der Waals surface area contributed by atoms with E-state index in [1.807, 2.05) is 0 Å². The normalized spacial score (nSPS) is 12.7. The molecule has 6 heteroatoms. The number of ether oxygens (including phenoxy) is 3. The monoisotopic (exact) mass is 1000 g/mol. The highest BCUT2D eigenvalue weighted by molar-refractivity contribution is 5.71. The molecule has 1 unspecified atom stereocenters. The van der Waals surface area contributed by atoms with Crippen molar-refractivity contribution in [1.82, 2.24) is 0 Å². The molecular formula is C66H114O6. The molecule has 0 aliphatic heterocycles. The summed E-state index contributed by atoms with van der Waals surface area (Å²) >= 11 is 0. The van der Waals surface area contributed by atoms with Crippen LogP contribution in [0.4, 0.5) is 0 Å². The predicted octanol–water partition coefficient (Wildman–Crippen LogP) is 20.7. The van der Waals surface area contributed by atoms with Crippen LogP contribution in [0.2, 0.25) is 0 Å². The summed E-state index contributed by atoms with van der Waals surface area (Å²) in [7, 11) is 0. The second kappa shape index (κ2) is 60.1. The van der Waals surface area contributed by atoms with E-state index >= 15 is 0 Å². The Hall–Kier alpha value is -3.41. The minimum absolute atomic E-state index is 0.0822. The van der Waals surface area contributed by atoms with Crippen molar-refractivity contribution < 1.29 is 28.6 Å². The second-order valence-corrected chi connectivity index (χ2v) is 20.2. The first-order valence-electron chi connectivity index (χ1n) is 30.6. The number of hydrogen-bond acceptors (Lipinski definition) is 6. The average molecular weight is 1000 g/mol. The maximum Gasteiger partial charge on any atom is 0.306 e. The zero-order chi connectivity index (χ0) is 52.2. The van der Waals surface area contributed by atoms with Gasteiger partial charge in [-0.05, 0) is 96.3 Å². The largest absolute Gasteiger partial charge is 0.462 e. The van der Waals surface area contributed by atoms with Gasteiger partial charge in [-0.3, -0.25) is 14.4 Å². The third-order valence-electron chi connectivity index (χ3n) is 13.1. The fraction of sp³-hybridized carbons (Fsp3) is 0.742. The molecule has 0 saturated heterocycles. The van der Waals surface area contributed by atoms with E-state index in [2.05, 4.69) is 106 Å². The molecule has 0 aromatic rings. The van der Waals surface area contributed by atoms with E-state index in [1.165, 1.54) is 141 Å². The van der Waals surface area contributed by atoms with Gasteiger partial charge in [-0.25, -0.2) is 0 Å². The van der Waals surface area contributed by atoms with Crippen LogP contribution in [0.25, 0.3) is 0 Å². The van der Waals surface area contributed by atoms with Crippen molar-refractivity contribution in [3.63, 3.8) is 0 Å². The Balaban J connectivity index is 4.40. The first-order chi connectivity index (χ1) is 35.5. The molecule has 0 aromatic heterocycles. The molecule has 0 radical (unpaired) electrons. The lowest BCUT2D eigenvalue weighted by Gasteiger charge is -2.18. The molecule has 0 rings (SSSR count). The molecule has 0 aliphatic rings. The molecule has 6 nitrogen and oxygen atoms in total. The van der Waals surface area contributed by atoms with Crippen LogP contribution in [0.1, 0.15) is 297 Å². The molecular weight excluding hydrogens is 889 g/mol. The van der Waals surface area contributed by atoms with Crippen LogP contribution in [0, 0.1) is 0 Å². The van der Waals surface area contributed by atoms with Crippen molar-refractivity contribution in [3.05, 3.63) is 85.1 Å². The molecule has 0 bridgehead atoms. The quantitative estimate of drug-likeness (QED) is 0.0261. The molecule has 414 valence electrons. The summed E-state index contributed by atoms with van der Waals surface area (Å²) in [6.07, 6.45) is 78.6. The Kier molecular flexibility index (Phi) is 57.3. The Bertz CT molecular complexity index is 1380. The average Bonchev–Trinajstić information content (AvgIpc) is 3.38. The SMILES string of the molecule is CC/C=C\C/C=C\C/C=C\C/C=C\C/C=C\CCCCCCCC(=O)OCC(COC(=O)CCCCCCCCCCCCCCCC)OC(=O)CCCCCCCCCCC/C=C\C/C=C\CCCCC. The van der Waals surface area contributed by atoms with Gasteiger partial charge < -0.3 is 14.2 Å². The Morgan fingerprint density at radius 3 is 0.875 bits per heavy atom. The van der Waals surface area contributed by atoms with E-state index in [0.29, 0.717) is 19.3 Å². The van der Waals surface area contributed by atoms with Gasteiger partial charge in [0.1, 0.15) is 13.2 Å². The molecule has 0 aliphatic carbocycles. The second-order valence-electron chi connectivity index (χ2n) is 20.2. The number of rotatable bonds is 55. The van der Waals surface area contributed by atoms with Crippen LogP contribution in [0.3, 0.4) is 0 Å².